The number of anilines is 1. The molecule has 1 aliphatic heterocycles. The van der Waals surface area contributed by atoms with Crippen molar-refractivity contribution in [2.75, 3.05) is 11.4 Å². The Labute approximate surface area is 196 Å². The van der Waals surface area contributed by atoms with E-state index in [-0.39, 0.29) is 5.60 Å². The third-order valence-electron chi connectivity index (χ3n) is 7.00. The molecule has 4 heteroatoms. The van der Waals surface area contributed by atoms with Crippen LogP contribution in [0.5, 0.6) is 0 Å². The molecule has 2 aliphatic rings. The summed E-state index contributed by atoms with van der Waals surface area (Å²) in [6.07, 6.45) is 7.31. The highest BCUT2D eigenvalue weighted by Crippen LogP contribution is 2.47. The predicted molar refractivity (Wildman–Crippen MR) is 136 cm³/mol. The lowest BCUT2D eigenvalue weighted by atomic mass is 9.81. The van der Waals surface area contributed by atoms with Gasteiger partial charge >= 0.3 is 0 Å². The molecule has 0 N–H and O–H groups in total. The van der Waals surface area contributed by atoms with Gasteiger partial charge in [-0.05, 0) is 63.8 Å². The predicted octanol–water partition coefficient (Wildman–Crippen LogP) is 7.27. The number of fused-ring (bicyclic) bond motifs is 5. The Morgan fingerprint density at radius 3 is 2.55 bits per heavy atom. The fourth-order valence-electron chi connectivity index (χ4n) is 5.69. The van der Waals surface area contributed by atoms with Crippen LogP contribution in [0.15, 0.2) is 54.9 Å². The molecule has 0 saturated heterocycles. The standard InChI is InChI=1S/C29H34N2O2/c1-20(33-29(2,3)4)30-16-17-31-26-18-21(19-32)14-15-23(26)27(22-10-6-5-7-11-22)28(31)24-12-8-9-13-25(24)30/h8-9,12-15,18-19,22H,1,5-7,10-11,16-17H2,2-4H3. The van der Waals surface area contributed by atoms with Gasteiger partial charge in [0.2, 0.25) is 0 Å². The van der Waals surface area contributed by atoms with Crippen LogP contribution in [0, 0.1) is 0 Å². The van der Waals surface area contributed by atoms with Gasteiger partial charge in [0, 0.05) is 35.1 Å². The van der Waals surface area contributed by atoms with Crippen molar-refractivity contribution in [1.29, 1.82) is 0 Å². The number of nitrogens with zero attached hydrogens (tertiary/aromatic N) is 2. The van der Waals surface area contributed by atoms with E-state index in [0.29, 0.717) is 11.8 Å². The molecule has 1 fully saturated rings. The number of aromatic nitrogens is 1. The zero-order chi connectivity index (χ0) is 23.2. The monoisotopic (exact) mass is 442 g/mol. The van der Waals surface area contributed by atoms with Crippen LogP contribution >= 0.6 is 0 Å². The third kappa shape index (κ3) is 3.96. The highest BCUT2D eigenvalue weighted by molar-refractivity contribution is 5.98. The van der Waals surface area contributed by atoms with Crippen molar-refractivity contribution >= 4 is 22.9 Å². The number of benzene rings is 2. The molecular formula is C29H34N2O2. The first-order valence-electron chi connectivity index (χ1n) is 12.2. The minimum Gasteiger partial charge on any atom is -0.474 e. The van der Waals surface area contributed by atoms with E-state index in [2.05, 4.69) is 73.2 Å². The van der Waals surface area contributed by atoms with Crippen molar-refractivity contribution in [3.63, 3.8) is 0 Å². The van der Waals surface area contributed by atoms with E-state index in [1.807, 2.05) is 6.07 Å². The lowest BCUT2D eigenvalue weighted by Gasteiger charge is -2.31. The fourth-order valence-corrected chi connectivity index (χ4v) is 5.69. The lowest BCUT2D eigenvalue weighted by molar-refractivity contribution is 0.0489. The zero-order valence-corrected chi connectivity index (χ0v) is 20.1. The van der Waals surface area contributed by atoms with Gasteiger partial charge < -0.3 is 14.2 Å². The van der Waals surface area contributed by atoms with Gasteiger partial charge in [-0.25, -0.2) is 0 Å². The van der Waals surface area contributed by atoms with E-state index >= 15 is 0 Å². The Hall–Kier alpha value is -3.01. The molecule has 2 aromatic carbocycles. The molecule has 3 aromatic rings. The summed E-state index contributed by atoms with van der Waals surface area (Å²) in [6.45, 7) is 12.0. The average molecular weight is 443 g/mol. The first-order valence-corrected chi connectivity index (χ1v) is 12.2. The number of hydrogen-bond acceptors (Lipinski definition) is 3. The summed E-state index contributed by atoms with van der Waals surface area (Å²) in [4.78, 5) is 13.8. The minimum atomic E-state index is -0.313. The molecule has 1 saturated carbocycles. The molecule has 0 spiro atoms. The summed E-state index contributed by atoms with van der Waals surface area (Å²) in [6, 6.07) is 14.8. The van der Waals surface area contributed by atoms with Gasteiger partial charge in [-0.1, -0.05) is 49.6 Å². The van der Waals surface area contributed by atoms with Crippen molar-refractivity contribution in [3.05, 3.63) is 66.1 Å². The maximum atomic E-state index is 11.6. The summed E-state index contributed by atoms with van der Waals surface area (Å²) in [5, 5.41) is 1.30. The first kappa shape index (κ1) is 21.8. The SMILES string of the molecule is C=C(OC(C)(C)C)N1CCn2c(c(C3CCCCC3)c3ccc(C=O)cc32)-c2ccccc21. The van der Waals surface area contributed by atoms with Gasteiger partial charge in [0.15, 0.2) is 5.88 Å². The van der Waals surface area contributed by atoms with Gasteiger partial charge in [-0.2, -0.15) is 0 Å². The number of ether oxygens (including phenoxy) is 1. The second-order valence-electron chi connectivity index (χ2n) is 10.4. The molecule has 1 aliphatic carbocycles. The highest BCUT2D eigenvalue weighted by Gasteiger charge is 2.31. The van der Waals surface area contributed by atoms with Gasteiger partial charge in [0.25, 0.3) is 0 Å². The molecule has 0 bridgehead atoms. The van der Waals surface area contributed by atoms with Crippen molar-refractivity contribution in [2.24, 2.45) is 0 Å². The van der Waals surface area contributed by atoms with E-state index in [4.69, 9.17) is 4.74 Å². The van der Waals surface area contributed by atoms with E-state index in [9.17, 15) is 4.79 Å². The second kappa shape index (κ2) is 8.40. The van der Waals surface area contributed by atoms with Gasteiger partial charge in [-0.15, -0.1) is 0 Å². The minimum absolute atomic E-state index is 0.313. The Morgan fingerprint density at radius 2 is 1.82 bits per heavy atom. The fraction of sp³-hybridized carbons (Fsp3) is 0.414. The van der Waals surface area contributed by atoms with E-state index in [1.165, 1.54) is 54.3 Å². The Morgan fingerprint density at radius 1 is 1.06 bits per heavy atom. The van der Waals surface area contributed by atoms with Crippen LogP contribution < -0.4 is 4.90 Å². The summed E-state index contributed by atoms with van der Waals surface area (Å²) >= 11 is 0. The van der Waals surface area contributed by atoms with E-state index in [0.717, 1.165) is 36.1 Å². The van der Waals surface area contributed by atoms with Crippen molar-refractivity contribution in [3.8, 4) is 11.3 Å². The van der Waals surface area contributed by atoms with Crippen LogP contribution in [0.3, 0.4) is 0 Å². The van der Waals surface area contributed by atoms with Crippen LogP contribution in [0.25, 0.3) is 22.2 Å². The van der Waals surface area contributed by atoms with Crippen molar-refractivity contribution < 1.29 is 9.53 Å². The quantitative estimate of drug-likeness (QED) is 0.315. The molecule has 0 unspecified atom stereocenters. The maximum Gasteiger partial charge on any atom is 0.186 e. The van der Waals surface area contributed by atoms with Crippen LogP contribution in [0.2, 0.25) is 0 Å². The first-order chi connectivity index (χ1) is 15.9. The maximum absolute atomic E-state index is 11.6. The van der Waals surface area contributed by atoms with Crippen LogP contribution in [-0.2, 0) is 11.3 Å². The Balaban J connectivity index is 1.74. The zero-order valence-electron chi connectivity index (χ0n) is 20.1. The van der Waals surface area contributed by atoms with Gasteiger partial charge in [0.1, 0.15) is 11.9 Å². The number of hydrogen-bond donors (Lipinski definition) is 0. The molecular weight excluding hydrogens is 408 g/mol. The van der Waals surface area contributed by atoms with E-state index in [1.54, 1.807) is 0 Å². The molecule has 0 atom stereocenters. The lowest BCUT2D eigenvalue weighted by Crippen LogP contribution is -2.31. The average Bonchev–Trinajstić information content (AvgIpc) is 3.01. The molecule has 0 amide bonds. The molecule has 2 heterocycles. The number of rotatable bonds is 4. The number of para-hydroxylation sites is 1. The topological polar surface area (TPSA) is 34.5 Å². The van der Waals surface area contributed by atoms with Crippen molar-refractivity contribution in [2.45, 2.75) is 70.9 Å². The Bertz CT molecular complexity index is 1210. The molecule has 5 rings (SSSR count). The second-order valence-corrected chi connectivity index (χ2v) is 10.4. The molecule has 4 nitrogen and oxygen atoms in total. The smallest absolute Gasteiger partial charge is 0.186 e. The summed E-state index contributed by atoms with van der Waals surface area (Å²) in [7, 11) is 0. The van der Waals surface area contributed by atoms with Crippen LogP contribution in [-0.4, -0.2) is 23.0 Å². The molecule has 33 heavy (non-hydrogen) atoms. The number of carbonyl (C=O) groups is 1. The molecule has 172 valence electrons. The largest absolute Gasteiger partial charge is 0.474 e. The van der Waals surface area contributed by atoms with Crippen LogP contribution in [0.1, 0.15) is 74.7 Å². The van der Waals surface area contributed by atoms with Crippen LogP contribution in [0.4, 0.5) is 5.69 Å². The normalized spacial score (nSPS) is 16.8. The third-order valence-corrected chi connectivity index (χ3v) is 7.00. The van der Waals surface area contributed by atoms with Gasteiger partial charge in [-0.3, -0.25) is 4.79 Å². The highest BCUT2D eigenvalue weighted by atomic mass is 16.5. The molecule has 1 aromatic heterocycles. The summed E-state index contributed by atoms with van der Waals surface area (Å²) < 4.78 is 8.65. The summed E-state index contributed by atoms with van der Waals surface area (Å²) in [5.41, 5.74) is 6.70. The van der Waals surface area contributed by atoms with Crippen molar-refractivity contribution in [1.82, 2.24) is 4.57 Å². The van der Waals surface area contributed by atoms with E-state index < -0.39 is 0 Å². The summed E-state index contributed by atoms with van der Waals surface area (Å²) in [5.74, 6) is 1.23. The molecule has 0 radical (unpaired) electrons. The number of aldehydes is 1. The van der Waals surface area contributed by atoms with Gasteiger partial charge in [0.05, 0.1) is 11.4 Å². The Kier molecular flexibility index (Phi) is 5.55. The number of carbonyl (C=O) groups excluding carboxylic acids is 1.